The van der Waals surface area contributed by atoms with Gasteiger partial charge < -0.3 is 10.2 Å². The molecule has 2 heteroatoms. The molecule has 0 aliphatic heterocycles. The Labute approximate surface area is 114 Å². The second kappa shape index (κ2) is 5.92. The Bertz CT molecular complexity index is 256. The molecule has 0 aromatic carbocycles. The maximum atomic E-state index is 3.60. The Balaban J connectivity index is 1.95. The van der Waals surface area contributed by atoms with Crippen LogP contribution in [0.15, 0.2) is 0 Å². The van der Waals surface area contributed by atoms with E-state index in [2.05, 4.69) is 38.0 Å². The van der Waals surface area contributed by atoms with E-state index in [4.69, 9.17) is 0 Å². The molecule has 2 saturated carbocycles. The van der Waals surface area contributed by atoms with Gasteiger partial charge in [0.15, 0.2) is 0 Å². The highest BCUT2D eigenvalue weighted by Gasteiger charge is 2.41. The molecule has 2 rings (SSSR count). The van der Waals surface area contributed by atoms with Crippen molar-refractivity contribution in [2.45, 2.75) is 71.4 Å². The minimum Gasteiger partial charge on any atom is -0.316 e. The van der Waals surface area contributed by atoms with Crippen LogP contribution in [0.3, 0.4) is 0 Å². The number of rotatable bonds is 5. The third-order valence-corrected chi connectivity index (χ3v) is 5.50. The molecule has 0 aromatic heterocycles. The summed E-state index contributed by atoms with van der Waals surface area (Å²) < 4.78 is 0. The highest BCUT2D eigenvalue weighted by molar-refractivity contribution is 4.97. The minimum absolute atomic E-state index is 0.481. The van der Waals surface area contributed by atoms with Gasteiger partial charge in [-0.15, -0.1) is 0 Å². The van der Waals surface area contributed by atoms with Gasteiger partial charge in [0.05, 0.1) is 0 Å². The topological polar surface area (TPSA) is 15.3 Å². The lowest BCUT2D eigenvalue weighted by Crippen LogP contribution is -2.46. The first-order valence-electron chi connectivity index (χ1n) is 7.99. The Morgan fingerprint density at radius 2 is 1.83 bits per heavy atom. The summed E-state index contributed by atoms with van der Waals surface area (Å²) in [5.74, 6) is 0.852. The van der Waals surface area contributed by atoms with Crippen molar-refractivity contribution in [3.63, 3.8) is 0 Å². The highest BCUT2D eigenvalue weighted by atomic mass is 15.2. The van der Waals surface area contributed by atoms with E-state index >= 15 is 0 Å². The minimum atomic E-state index is 0.481. The van der Waals surface area contributed by atoms with Crippen molar-refractivity contribution in [3.05, 3.63) is 0 Å². The van der Waals surface area contributed by atoms with Crippen LogP contribution in [0, 0.1) is 11.3 Å². The fourth-order valence-corrected chi connectivity index (χ4v) is 4.45. The van der Waals surface area contributed by atoms with Crippen LogP contribution in [0.2, 0.25) is 0 Å². The van der Waals surface area contributed by atoms with Crippen molar-refractivity contribution in [2.75, 3.05) is 20.1 Å². The maximum Gasteiger partial charge on any atom is 0.0156 e. The van der Waals surface area contributed by atoms with Gasteiger partial charge in [-0.3, -0.25) is 0 Å². The lowest BCUT2D eigenvalue weighted by molar-refractivity contribution is 0.152. The van der Waals surface area contributed by atoms with E-state index in [-0.39, 0.29) is 0 Å². The highest BCUT2D eigenvalue weighted by Crippen LogP contribution is 2.42. The molecular weight excluding hydrogens is 220 g/mol. The molecule has 2 unspecified atom stereocenters. The summed E-state index contributed by atoms with van der Waals surface area (Å²) in [6.45, 7) is 9.75. The van der Waals surface area contributed by atoms with Crippen LogP contribution in [0.1, 0.15) is 59.3 Å². The molecule has 2 fully saturated rings. The smallest absolute Gasteiger partial charge is 0.0156 e. The number of hydrogen-bond donors (Lipinski definition) is 1. The van der Waals surface area contributed by atoms with Crippen LogP contribution in [0.25, 0.3) is 0 Å². The Kier molecular flexibility index (Phi) is 4.71. The van der Waals surface area contributed by atoms with Gasteiger partial charge in [0.25, 0.3) is 0 Å². The Morgan fingerprint density at radius 1 is 1.17 bits per heavy atom. The van der Waals surface area contributed by atoms with Gasteiger partial charge in [0.2, 0.25) is 0 Å². The van der Waals surface area contributed by atoms with Crippen molar-refractivity contribution in [3.8, 4) is 0 Å². The van der Waals surface area contributed by atoms with Gasteiger partial charge in [0.1, 0.15) is 0 Å². The van der Waals surface area contributed by atoms with E-state index in [0.29, 0.717) is 11.5 Å². The largest absolute Gasteiger partial charge is 0.316 e. The predicted molar refractivity (Wildman–Crippen MR) is 78.9 cm³/mol. The first-order chi connectivity index (χ1) is 8.58. The van der Waals surface area contributed by atoms with Crippen molar-refractivity contribution in [1.82, 2.24) is 10.2 Å². The van der Waals surface area contributed by atoms with E-state index in [0.717, 1.165) is 12.0 Å². The van der Waals surface area contributed by atoms with Gasteiger partial charge in [-0.1, -0.05) is 33.6 Å². The number of nitrogens with zero attached hydrogens (tertiary/aromatic N) is 1. The van der Waals surface area contributed by atoms with Crippen LogP contribution in [0.5, 0.6) is 0 Å². The number of hydrogen-bond acceptors (Lipinski definition) is 2. The lowest BCUT2D eigenvalue weighted by Gasteiger charge is -2.35. The summed E-state index contributed by atoms with van der Waals surface area (Å²) >= 11 is 0. The molecule has 0 heterocycles. The molecule has 2 aliphatic rings. The van der Waals surface area contributed by atoms with Crippen LogP contribution in [-0.4, -0.2) is 37.1 Å². The van der Waals surface area contributed by atoms with Crippen LogP contribution in [-0.2, 0) is 0 Å². The van der Waals surface area contributed by atoms with Crippen molar-refractivity contribution in [2.24, 2.45) is 11.3 Å². The molecule has 1 N–H and O–H groups in total. The second-order valence-corrected chi connectivity index (χ2v) is 7.08. The molecule has 0 radical (unpaired) electrons. The van der Waals surface area contributed by atoms with Gasteiger partial charge in [0, 0.05) is 18.6 Å². The van der Waals surface area contributed by atoms with Crippen molar-refractivity contribution in [1.29, 1.82) is 0 Å². The fourth-order valence-electron chi connectivity index (χ4n) is 4.45. The second-order valence-electron chi connectivity index (χ2n) is 7.08. The van der Waals surface area contributed by atoms with E-state index < -0.39 is 0 Å². The van der Waals surface area contributed by atoms with Gasteiger partial charge in [-0.05, 0) is 50.6 Å². The lowest BCUT2D eigenvalue weighted by atomic mass is 9.84. The summed E-state index contributed by atoms with van der Waals surface area (Å²) in [6, 6.07) is 1.59. The first kappa shape index (κ1) is 14.3. The molecule has 18 heavy (non-hydrogen) atoms. The number of nitrogens with one attached hydrogen (secondary N) is 1. The summed E-state index contributed by atoms with van der Waals surface area (Å²) in [6.07, 6.45) is 8.56. The van der Waals surface area contributed by atoms with E-state index in [1.54, 1.807) is 0 Å². The van der Waals surface area contributed by atoms with Gasteiger partial charge >= 0.3 is 0 Å². The summed E-state index contributed by atoms with van der Waals surface area (Å²) in [4.78, 5) is 2.77. The summed E-state index contributed by atoms with van der Waals surface area (Å²) in [7, 11) is 2.15. The zero-order valence-electron chi connectivity index (χ0n) is 12.8. The Morgan fingerprint density at radius 3 is 2.39 bits per heavy atom. The predicted octanol–water partition coefficient (Wildman–Crippen LogP) is 3.28. The molecular formula is C16H32N2. The normalized spacial score (nSPS) is 32.5. The Hall–Kier alpha value is -0.0800. The van der Waals surface area contributed by atoms with Crippen molar-refractivity contribution >= 4 is 0 Å². The fraction of sp³-hybridized carbons (Fsp3) is 1.00. The quantitative estimate of drug-likeness (QED) is 0.808. The first-order valence-corrected chi connectivity index (χ1v) is 7.99. The molecule has 0 saturated heterocycles. The SMILES string of the molecule is CCN(CC1CCC(C)(C)C1NC)C1CCCC1. The average Bonchev–Trinajstić information content (AvgIpc) is 2.94. The van der Waals surface area contributed by atoms with Crippen LogP contribution in [0.4, 0.5) is 0 Å². The summed E-state index contributed by atoms with van der Waals surface area (Å²) in [5, 5.41) is 3.60. The van der Waals surface area contributed by atoms with E-state index in [1.807, 2.05) is 0 Å². The van der Waals surface area contributed by atoms with Gasteiger partial charge in [-0.25, -0.2) is 0 Å². The van der Waals surface area contributed by atoms with Crippen molar-refractivity contribution < 1.29 is 0 Å². The third-order valence-electron chi connectivity index (χ3n) is 5.50. The molecule has 2 aliphatic carbocycles. The molecule has 0 bridgehead atoms. The summed E-state index contributed by atoms with van der Waals surface area (Å²) in [5.41, 5.74) is 0.481. The van der Waals surface area contributed by atoms with Crippen LogP contribution < -0.4 is 5.32 Å². The van der Waals surface area contributed by atoms with E-state index in [1.165, 1.54) is 51.6 Å². The zero-order valence-corrected chi connectivity index (χ0v) is 12.8. The standard InChI is InChI=1S/C16H32N2/c1-5-18(14-8-6-7-9-14)12-13-10-11-16(2,3)15(13)17-4/h13-15,17H,5-12H2,1-4H3. The molecule has 0 spiro atoms. The molecule has 0 aromatic rings. The van der Waals surface area contributed by atoms with E-state index in [9.17, 15) is 0 Å². The molecule has 0 amide bonds. The van der Waals surface area contributed by atoms with Gasteiger partial charge in [-0.2, -0.15) is 0 Å². The third kappa shape index (κ3) is 2.91. The average molecular weight is 252 g/mol. The molecule has 2 atom stereocenters. The molecule has 106 valence electrons. The maximum absolute atomic E-state index is 3.60. The molecule has 2 nitrogen and oxygen atoms in total. The van der Waals surface area contributed by atoms with Crippen LogP contribution >= 0.6 is 0 Å². The monoisotopic (exact) mass is 252 g/mol. The zero-order chi connectivity index (χ0) is 13.2.